The zero-order chi connectivity index (χ0) is 25.3. The fourth-order valence-corrected chi connectivity index (χ4v) is 4.58. The second kappa shape index (κ2) is 9.58. The van der Waals surface area contributed by atoms with Crippen LogP contribution in [0.2, 0.25) is 0 Å². The molecule has 2 atom stereocenters. The first kappa shape index (κ1) is 23.7. The zero-order valence-corrected chi connectivity index (χ0v) is 19.0. The summed E-state index contributed by atoms with van der Waals surface area (Å²) in [6.45, 7) is -2.46. The Kier molecular flexibility index (Phi) is 6.32. The topological polar surface area (TPSA) is 115 Å². The number of ether oxygens (including phenoxy) is 2. The Balaban J connectivity index is 1.51. The van der Waals surface area contributed by atoms with Crippen molar-refractivity contribution in [2.24, 2.45) is 5.92 Å². The maximum atomic E-state index is 13.5. The van der Waals surface area contributed by atoms with E-state index in [1.165, 1.54) is 35.3 Å². The van der Waals surface area contributed by atoms with Gasteiger partial charge >= 0.3 is 6.61 Å². The van der Waals surface area contributed by atoms with Crippen LogP contribution in [-0.4, -0.2) is 51.0 Å². The van der Waals surface area contributed by atoms with Crippen LogP contribution in [0.5, 0.6) is 5.75 Å². The van der Waals surface area contributed by atoms with Gasteiger partial charge in [-0.05, 0) is 31.0 Å². The van der Waals surface area contributed by atoms with Gasteiger partial charge < -0.3 is 14.8 Å². The van der Waals surface area contributed by atoms with Crippen LogP contribution in [0.25, 0.3) is 17.1 Å². The van der Waals surface area contributed by atoms with Gasteiger partial charge in [0.15, 0.2) is 11.4 Å². The number of hydrogen-bond donors (Lipinski definition) is 1. The maximum absolute atomic E-state index is 13.5. The van der Waals surface area contributed by atoms with Crippen molar-refractivity contribution in [2.45, 2.75) is 37.8 Å². The molecule has 3 aromatic rings. The van der Waals surface area contributed by atoms with Gasteiger partial charge in [-0.2, -0.15) is 19.1 Å². The van der Waals surface area contributed by atoms with E-state index >= 15 is 0 Å². The Morgan fingerprint density at radius 2 is 2.19 bits per heavy atom. The Hall–Kier alpha value is -3.98. The van der Waals surface area contributed by atoms with Crippen LogP contribution in [0.4, 0.5) is 13.2 Å². The van der Waals surface area contributed by atoms with Crippen LogP contribution >= 0.6 is 0 Å². The summed E-state index contributed by atoms with van der Waals surface area (Å²) in [6.07, 6.45) is 5.37. The summed E-state index contributed by atoms with van der Waals surface area (Å²) in [7, 11) is 0. The lowest BCUT2D eigenvalue weighted by molar-refractivity contribution is -0.126. The molecule has 0 aromatic carbocycles. The van der Waals surface area contributed by atoms with E-state index in [-0.39, 0.29) is 24.7 Å². The number of nitriles is 1. The lowest BCUT2D eigenvalue weighted by Gasteiger charge is -2.27. The minimum absolute atomic E-state index is 0.112. The second-order valence-electron chi connectivity index (χ2n) is 8.73. The number of pyridine rings is 2. The molecular formula is C24H21F3N6O3. The van der Waals surface area contributed by atoms with Crippen LogP contribution in [0, 0.1) is 23.1 Å². The fourth-order valence-electron chi connectivity index (χ4n) is 4.58. The van der Waals surface area contributed by atoms with Crippen LogP contribution < -0.4 is 10.1 Å². The summed E-state index contributed by atoms with van der Waals surface area (Å²) in [4.78, 5) is 21.3. The predicted molar refractivity (Wildman–Crippen MR) is 119 cm³/mol. The molecule has 1 aliphatic carbocycles. The molecule has 1 N–H and O–H groups in total. The Labute approximate surface area is 203 Å². The average molecular weight is 498 g/mol. The minimum atomic E-state index is -3.00. The van der Waals surface area contributed by atoms with Gasteiger partial charge in [0.05, 0.1) is 43.1 Å². The van der Waals surface area contributed by atoms with Gasteiger partial charge in [-0.3, -0.25) is 9.78 Å². The van der Waals surface area contributed by atoms with E-state index in [0.29, 0.717) is 48.6 Å². The molecule has 1 fully saturated rings. The normalized spacial score (nSPS) is 21.1. The molecule has 186 valence electrons. The lowest BCUT2D eigenvalue weighted by Crippen LogP contribution is -2.50. The molecule has 1 amide bonds. The summed E-state index contributed by atoms with van der Waals surface area (Å²) in [5, 5.41) is 17.1. The number of carbonyl (C=O) groups is 1. The minimum Gasteiger partial charge on any atom is -0.433 e. The number of aromatic nitrogens is 4. The quantitative estimate of drug-likeness (QED) is 0.556. The molecule has 2 unspecified atom stereocenters. The number of halogens is 3. The summed E-state index contributed by atoms with van der Waals surface area (Å²) >= 11 is 0. The maximum Gasteiger partial charge on any atom is 0.387 e. The van der Waals surface area contributed by atoms with Crippen molar-refractivity contribution < 1.29 is 27.4 Å². The first-order chi connectivity index (χ1) is 17.4. The van der Waals surface area contributed by atoms with Crippen molar-refractivity contribution in [3.05, 3.63) is 53.9 Å². The van der Waals surface area contributed by atoms with Gasteiger partial charge in [0.1, 0.15) is 11.6 Å². The number of fused-ring (bicyclic) bond motifs is 1. The molecule has 1 saturated heterocycles. The molecule has 4 heterocycles. The monoisotopic (exact) mass is 498 g/mol. The van der Waals surface area contributed by atoms with Gasteiger partial charge in [0.2, 0.25) is 5.91 Å². The highest BCUT2D eigenvalue weighted by atomic mass is 19.3. The van der Waals surface area contributed by atoms with Gasteiger partial charge in [0, 0.05) is 36.1 Å². The zero-order valence-electron chi connectivity index (χ0n) is 19.0. The highest BCUT2D eigenvalue weighted by molar-refractivity contribution is 5.81. The summed E-state index contributed by atoms with van der Waals surface area (Å²) in [5.74, 6) is -0.995. The van der Waals surface area contributed by atoms with E-state index in [4.69, 9.17) is 4.74 Å². The summed E-state index contributed by atoms with van der Waals surface area (Å²) < 4.78 is 50.3. The van der Waals surface area contributed by atoms with Gasteiger partial charge in [-0.1, -0.05) is 0 Å². The molecule has 5 rings (SSSR count). The van der Waals surface area contributed by atoms with Gasteiger partial charge in [-0.15, -0.1) is 0 Å². The number of hydrogen-bond acceptors (Lipinski definition) is 7. The molecule has 1 aliphatic heterocycles. The summed E-state index contributed by atoms with van der Waals surface area (Å²) in [5.41, 5.74) is 1.39. The molecule has 9 nitrogen and oxygen atoms in total. The van der Waals surface area contributed by atoms with E-state index < -0.39 is 23.9 Å². The summed E-state index contributed by atoms with van der Waals surface area (Å²) in [6, 6.07) is 6.29. The Morgan fingerprint density at radius 1 is 1.33 bits per heavy atom. The number of rotatable bonds is 6. The Bertz CT molecular complexity index is 1320. The van der Waals surface area contributed by atoms with Crippen LogP contribution in [0.1, 0.15) is 24.1 Å². The van der Waals surface area contributed by atoms with E-state index in [1.54, 1.807) is 0 Å². The second-order valence-corrected chi connectivity index (χ2v) is 8.73. The van der Waals surface area contributed by atoms with E-state index in [2.05, 4.69) is 31.2 Å². The average Bonchev–Trinajstić information content (AvgIpc) is 3.49. The third kappa shape index (κ3) is 4.61. The Morgan fingerprint density at radius 3 is 2.89 bits per heavy atom. The molecule has 2 aliphatic rings. The van der Waals surface area contributed by atoms with E-state index in [9.17, 15) is 23.2 Å². The largest absolute Gasteiger partial charge is 0.433 e. The number of amides is 1. The smallest absolute Gasteiger partial charge is 0.387 e. The third-order valence-electron chi connectivity index (χ3n) is 6.38. The lowest BCUT2D eigenvalue weighted by atomic mass is 9.84. The van der Waals surface area contributed by atoms with Crippen molar-refractivity contribution in [3.63, 3.8) is 0 Å². The number of carbonyl (C=O) groups excluding carboxylic acids is 1. The third-order valence-corrected chi connectivity index (χ3v) is 6.38. The molecule has 3 aromatic heterocycles. The first-order valence-corrected chi connectivity index (χ1v) is 11.3. The van der Waals surface area contributed by atoms with Crippen LogP contribution in [-0.2, 0) is 22.4 Å². The van der Waals surface area contributed by atoms with Crippen molar-refractivity contribution in [2.75, 3.05) is 13.2 Å². The van der Waals surface area contributed by atoms with Crippen molar-refractivity contribution in [1.82, 2.24) is 25.1 Å². The standard InChI is InChI=1S/C24H21F3N6O3/c25-16-2-4-20(30-10-16)33-19-8-14(22(34)31-24(12-28)5-6-35-13-24)1-3-18(19)21(32-33)15-7-17(11-29-9-15)36-23(26)27/h2,4,7,9-11,14,23H,1,3,5-6,8,13H2,(H,31,34). The van der Waals surface area contributed by atoms with Crippen LogP contribution in [0.3, 0.4) is 0 Å². The van der Waals surface area contributed by atoms with Gasteiger partial charge in [-0.25, -0.2) is 14.1 Å². The van der Waals surface area contributed by atoms with Crippen molar-refractivity contribution in [3.8, 4) is 28.9 Å². The first-order valence-electron chi connectivity index (χ1n) is 11.3. The van der Waals surface area contributed by atoms with Crippen LogP contribution in [0.15, 0.2) is 36.8 Å². The molecule has 0 saturated carbocycles. The molecule has 0 spiro atoms. The molecule has 0 radical (unpaired) electrons. The fraction of sp³-hybridized carbons (Fsp3) is 0.375. The number of nitrogens with one attached hydrogen (secondary N) is 1. The molecule has 0 bridgehead atoms. The van der Waals surface area contributed by atoms with Crippen molar-refractivity contribution >= 4 is 5.91 Å². The predicted octanol–water partition coefficient (Wildman–Crippen LogP) is 2.97. The SMILES string of the molecule is N#CC1(NC(=O)C2CCc3c(-c4cncc(OC(F)F)c4)nn(-c4ccc(F)cn4)c3C2)CCOC1. The molecule has 36 heavy (non-hydrogen) atoms. The molecular weight excluding hydrogens is 477 g/mol. The number of alkyl halides is 2. The van der Waals surface area contributed by atoms with Crippen molar-refractivity contribution in [1.29, 1.82) is 5.26 Å². The van der Waals surface area contributed by atoms with E-state index in [1.807, 2.05) is 0 Å². The van der Waals surface area contributed by atoms with Gasteiger partial charge in [0.25, 0.3) is 0 Å². The highest BCUT2D eigenvalue weighted by Gasteiger charge is 2.40. The van der Waals surface area contributed by atoms with E-state index in [0.717, 1.165) is 11.8 Å². The molecule has 12 heteroatoms. The number of nitrogens with zero attached hydrogens (tertiary/aromatic N) is 5. The highest BCUT2D eigenvalue weighted by Crippen LogP contribution is 2.36.